The van der Waals surface area contributed by atoms with Gasteiger partial charge in [0.2, 0.25) is 5.82 Å². The highest BCUT2D eigenvalue weighted by atomic mass is 16.5. The van der Waals surface area contributed by atoms with Crippen LogP contribution in [0, 0.1) is 0 Å². The predicted octanol–water partition coefficient (Wildman–Crippen LogP) is 1.35. The minimum atomic E-state index is -0.473. The third kappa shape index (κ3) is 2.77. The summed E-state index contributed by atoms with van der Waals surface area (Å²) < 4.78 is 12.0. The molecule has 1 N–H and O–H groups in total. The summed E-state index contributed by atoms with van der Waals surface area (Å²) in [5.41, 5.74) is 0.751. The summed E-state index contributed by atoms with van der Waals surface area (Å²) in [6.45, 7) is 2.04. The number of nitrogens with zero attached hydrogens (tertiary/aromatic N) is 5. The number of carbonyl (C=O) groups excluding carboxylic acids is 1. The Kier molecular flexibility index (Phi) is 3.77. The van der Waals surface area contributed by atoms with Crippen molar-refractivity contribution in [3.8, 4) is 17.4 Å². The van der Waals surface area contributed by atoms with Crippen molar-refractivity contribution < 1.29 is 14.3 Å². The van der Waals surface area contributed by atoms with Crippen LogP contribution < -0.4 is 4.74 Å². The number of imidazole rings is 1. The zero-order valence-corrected chi connectivity index (χ0v) is 11.6. The molecule has 0 amide bonds. The molecule has 3 aromatic rings. The van der Waals surface area contributed by atoms with E-state index < -0.39 is 5.97 Å². The van der Waals surface area contributed by atoms with Gasteiger partial charge in [-0.2, -0.15) is 5.21 Å². The standard InChI is InChI=1S/C13H12N6O3/c1-2-21-12(20)11-14-7-8-19(11)9-3-5-10(6-4-9)22-13-15-17-18-16-13/h3-8H,2H2,1H3,(H,15,16,17,18). The van der Waals surface area contributed by atoms with Crippen LogP contribution in [0.3, 0.4) is 0 Å². The number of hydrogen-bond donors (Lipinski definition) is 1. The van der Waals surface area contributed by atoms with E-state index in [0.29, 0.717) is 12.4 Å². The molecule has 0 aliphatic heterocycles. The van der Waals surface area contributed by atoms with Gasteiger partial charge in [0.15, 0.2) is 0 Å². The first-order chi connectivity index (χ1) is 10.8. The second kappa shape index (κ2) is 6.04. The van der Waals surface area contributed by atoms with Gasteiger partial charge in [0.1, 0.15) is 5.75 Å². The molecule has 0 fully saturated rings. The van der Waals surface area contributed by atoms with Crippen molar-refractivity contribution in [2.24, 2.45) is 0 Å². The lowest BCUT2D eigenvalue weighted by atomic mass is 10.3. The molecule has 0 bridgehead atoms. The predicted molar refractivity (Wildman–Crippen MR) is 73.8 cm³/mol. The minimum absolute atomic E-state index is 0.127. The molecule has 0 radical (unpaired) electrons. The zero-order chi connectivity index (χ0) is 15.4. The second-order valence-corrected chi connectivity index (χ2v) is 4.13. The van der Waals surface area contributed by atoms with E-state index in [1.807, 2.05) is 0 Å². The summed E-state index contributed by atoms with van der Waals surface area (Å²) in [6, 6.07) is 7.13. The van der Waals surface area contributed by atoms with E-state index >= 15 is 0 Å². The average Bonchev–Trinajstić information content (AvgIpc) is 3.19. The summed E-state index contributed by atoms with van der Waals surface area (Å²) in [5.74, 6) is 0.288. The molecule has 112 valence electrons. The Morgan fingerprint density at radius 1 is 1.32 bits per heavy atom. The average molecular weight is 300 g/mol. The first kappa shape index (κ1) is 13.7. The third-order valence-corrected chi connectivity index (χ3v) is 2.75. The van der Waals surface area contributed by atoms with Crippen LogP contribution in [0.2, 0.25) is 0 Å². The van der Waals surface area contributed by atoms with Gasteiger partial charge in [0.05, 0.1) is 6.61 Å². The third-order valence-electron chi connectivity index (χ3n) is 2.75. The Balaban J connectivity index is 1.81. The van der Waals surface area contributed by atoms with Crippen LogP contribution >= 0.6 is 0 Å². The molecule has 0 aliphatic carbocycles. The number of rotatable bonds is 5. The Labute approximate surface area is 124 Å². The molecule has 22 heavy (non-hydrogen) atoms. The van der Waals surface area contributed by atoms with Crippen LogP contribution in [-0.2, 0) is 4.74 Å². The molecule has 1 aromatic carbocycles. The highest BCUT2D eigenvalue weighted by Gasteiger charge is 2.15. The number of benzene rings is 1. The molecule has 0 aliphatic rings. The first-order valence-corrected chi connectivity index (χ1v) is 6.50. The fourth-order valence-corrected chi connectivity index (χ4v) is 1.83. The minimum Gasteiger partial charge on any atom is -0.460 e. The number of tetrazole rings is 1. The monoisotopic (exact) mass is 300 g/mol. The molecule has 9 heteroatoms. The van der Waals surface area contributed by atoms with Crippen molar-refractivity contribution in [2.45, 2.75) is 6.92 Å². The maximum Gasteiger partial charge on any atom is 0.374 e. The fraction of sp³-hybridized carbons (Fsp3) is 0.154. The van der Waals surface area contributed by atoms with E-state index in [1.165, 1.54) is 6.20 Å². The zero-order valence-electron chi connectivity index (χ0n) is 11.6. The number of nitrogens with one attached hydrogen (secondary N) is 1. The van der Waals surface area contributed by atoms with Crippen LogP contribution in [0.25, 0.3) is 5.69 Å². The summed E-state index contributed by atoms with van der Waals surface area (Å²) in [6.07, 6.45) is 3.22. The molecular weight excluding hydrogens is 288 g/mol. The van der Waals surface area contributed by atoms with Gasteiger partial charge in [-0.15, -0.1) is 0 Å². The van der Waals surface area contributed by atoms with Gasteiger partial charge < -0.3 is 9.47 Å². The molecule has 2 heterocycles. The van der Waals surface area contributed by atoms with Crippen molar-refractivity contribution in [1.29, 1.82) is 0 Å². The SMILES string of the molecule is CCOC(=O)c1nccn1-c1ccc(Oc2nn[nH]n2)cc1. The van der Waals surface area contributed by atoms with Crippen molar-refractivity contribution >= 4 is 5.97 Å². The van der Waals surface area contributed by atoms with E-state index in [1.54, 1.807) is 42.0 Å². The lowest BCUT2D eigenvalue weighted by molar-refractivity contribution is 0.0510. The highest BCUT2D eigenvalue weighted by Crippen LogP contribution is 2.20. The number of aromatic amines is 1. The van der Waals surface area contributed by atoms with Gasteiger partial charge in [-0.05, 0) is 36.4 Å². The molecule has 9 nitrogen and oxygen atoms in total. The molecule has 0 spiro atoms. The molecule has 0 saturated carbocycles. The highest BCUT2D eigenvalue weighted by molar-refractivity contribution is 5.86. The summed E-state index contributed by atoms with van der Waals surface area (Å²) in [5, 5.41) is 13.1. The quantitative estimate of drug-likeness (QED) is 0.708. The Morgan fingerprint density at radius 2 is 2.14 bits per heavy atom. The van der Waals surface area contributed by atoms with Crippen LogP contribution in [0.15, 0.2) is 36.7 Å². The normalized spacial score (nSPS) is 10.4. The lowest BCUT2D eigenvalue weighted by Gasteiger charge is -2.08. The van der Waals surface area contributed by atoms with Gasteiger partial charge in [-0.3, -0.25) is 4.57 Å². The van der Waals surface area contributed by atoms with Crippen molar-refractivity contribution in [1.82, 2.24) is 30.2 Å². The smallest absolute Gasteiger partial charge is 0.374 e. The first-order valence-electron chi connectivity index (χ1n) is 6.50. The molecule has 0 atom stereocenters. The van der Waals surface area contributed by atoms with Crippen LogP contribution in [0.4, 0.5) is 0 Å². The van der Waals surface area contributed by atoms with Gasteiger partial charge in [-0.25, -0.2) is 9.78 Å². The van der Waals surface area contributed by atoms with Gasteiger partial charge in [-0.1, -0.05) is 10.2 Å². The topological polar surface area (TPSA) is 108 Å². The Morgan fingerprint density at radius 3 is 2.82 bits per heavy atom. The second-order valence-electron chi connectivity index (χ2n) is 4.13. The van der Waals surface area contributed by atoms with Gasteiger partial charge in [0, 0.05) is 18.1 Å². The fourth-order valence-electron chi connectivity index (χ4n) is 1.83. The summed E-state index contributed by atoms with van der Waals surface area (Å²) >= 11 is 0. The molecule has 3 rings (SSSR count). The number of carbonyl (C=O) groups is 1. The van der Waals surface area contributed by atoms with Crippen LogP contribution in [0.1, 0.15) is 17.5 Å². The molecule has 0 unspecified atom stereocenters. The Bertz CT molecular complexity index is 750. The van der Waals surface area contributed by atoms with Crippen molar-refractivity contribution in [3.63, 3.8) is 0 Å². The van der Waals surface area contributed by atoms with E-state index in [0.717, 1.165) is 5.69 Å². The Hall–Kier alpha value is -3.23. The number of ether oxygens (including phenoxy) is 2. The maximum atomic E-state index is 11.8. The number of esters is 1. The molecule has 2 aromatic heterocycles. The van der Waals surface area contributed by atoms with Crippen LogP contribution in [-0.4, -0.2) is 42.8 Å². The maximum absolute atomic E-state index is 11.8. The van der Waals surface area contributed by atoms with Gasteiger partial charge in [0.25, 0.3) is 0 Å². The summed E-state index contributed by atoms with van der Waals surface area (Å²) in [4.78, 5) is 15.8. The van der Waals surface area contributed by atoms with E-state index in [-0.39, 0.29) is 11.8 Å². The van der Waals surface area contributed by atoms with Gasteiger partial charge >= 0.3 is 12.0 Å². The number of aromatic nitrogens is 6. The van der Waals surface area contributed by atoms with E-state index in [2.05, 4.69) is 25.6 Å². The van der Waals surface area contributed by atoms with E-state index in [4.69, 9.17) is 9.47 Å². The number of H-pyrrole nitrogens is 1. The van der Waals surface area contributed by atoms with Crippen LogP contribution in [0.5, 0.6) is 11.8 Å². The molecule has 0 saturated heterocycles. The summed E-state index contributed by atoms with van der Waals surface area (Å²) in [7, 11) is 0. The van der Waals surface area contributed by atoms with E-state index in [9.17, 15) is 4.79 Å². The van der Waals surface area contributed by atoms with Crippen molar-refractivity contribution in [2.75, 3.05) is 6.61 Å². The lowest BCUT2D eigenvalue weighted by Crippen LogP contribution is -2.12. The molecular formula is C13H12N6O3. The number of hydrogen-bond acceptors (Lipinski definition) is 7. The van der Waals surface area contributed by atoms with Crippen molar-refractivity contribution in [3.05, 3.63) is 42.5 Å². The largest absolute Gasteiger partial charge is 0.460 e.